The lowest BCUT2D eigenvalue weighted by molar-refractivity contribution is -0.139. The molecule has 0 aliphatic carbocycles. The van der Waals surface area contributed by atoms with Gasteiger partial charge in [0.15, 0.2) is 0 Å². The molecule has 0 radical (unpaired) electrons. The minimum absolute atomic E-state index is 0.0975. The van der Waals surface area contributed by atoms with Gasteiger partial charge >= 0.3 is 6.18 Å². The summed E-state index contributed by atoms with van der Waals surface area (Å²) in [5.41, 5.74) is 0.397. The summed E-state index contributed by atoms with van der Waals surface area (Å²) in [6, 6.07) is 0. The highest BCUT2D eigenvalue weighted by atomic mass is 19.4. The smallest absolute Gasteiger partial charge is 0.392 e. The highest BCUT2D eigenvalue weighted by Gasteiger charge is 2.27. The number of nitrogens with zero attached hydrogens (tertiary/aromatic N) is 3. The van der Waals surface area contributed by atoms with Gasteiger partial charge in [-0.15, -0.1) is 0 Å². The maximum atomic E-state index is 12.1. The molecule has 0 bridgehead atoms. The van der Waals surface area contributed by atoms with Crippen molar-refractivity contribution >= 4 is 11.5 Å². The zero-order chi connectivity index (χ0) is 14.6. The topological polar surface area (TPSA) is 51.5 Å². The van der Waals surface area contributed by atoms with Gasteiger partial charge in [-0.05, 0) is 6.42 Å². The molecule has 0 aliphatic heterocycles. The van der Waals surface area contributed by atoms with Crippen molar-refractivity contribution in [2.45, 2.75) is 25.9 Å². The number of fused-ring (bicyclic) bond motifs is 1. The molecule has 0 fully saturated rings. The zero-order valence-corrected chi connectivity index (χ0v) is 10.9. The predicted octanol–water partition coefficient (Wildman–Crippen LogP) is 2.88. The van der Waals surface area contributed by atoms with Crippen molar-refractivity contribution in [3.8, 4) is 5.88 Å². The number of nitrogens with one attached hydrogen (secondary N) is 1. The number of imidazole rings is 1. The molecule has 2 rings (SSSR count). The first-order chi connectivity index (χ1) is 9.49. The molecule has 0 unspecified atom stereocenters. The van der Waals surface area contributed by atoms with Crippen molar-refractivity contribution in [2.24, 2.45) is 0 Å². The minimum atomic E-state index is -4.25. The molecule has 0 amide bonds. The number of anilines is 1. The molecule has 0 saturated heterocycles. The van der Waals surface area contributed by atoms with Gasteiger partial charge in [0.05, 0.1) is 19.2 Å². The first-order valence-corrected chi connectivity index (χ1v) is 6.26. The van der Waals surface area contributed by atoms with Gasteiger partial charge in [-0.1, -0.05) is 6.92 Å². The third-order valence-electron chi connectivity index (χ3n) is 2.52. The first kappa shape index (κ1) is 14.4. The van der Waals surface area contributed by atoms with Crippen molar-refractivity contribution in [1.29, 1.82) is 0 Å². The number of alkyl halides is 3. The fourth-order valence-electron chi connectivity index (χ4n) is 1.60. The molecule has 0 saturated carbocycles. The van der Waals surface area contributed by atoms with Gasteiger partial charge in [-0.2, -0.15) is 18.2 Å². The normalized spacial score (nSPS) is 11.8. The maximum absolute atomic E-state index is 12.1. The zero-order valence-electron chi connectivity index (χ0n) is 10.9. The van der Waals surface area contributed by atoms with E-state index in [9.17, 15) is 13.2 Å². The van der Waals surface area contributed by atoms with Crippen LogP contribution in [-0.4, -0.2) is 33.7 Å². The van der Waals surface area contributed by atoms with E-state index in [1.165, 1.54) is 6.20 Å². The molecular weight excluding hydrogens is 273 g/mol. The van der Waals surface area contributed by atoms with Gasteiger partial charge in [-0.3, -0.25) is 4.40 Å². The molecule has 0 spiro atoms. The predicted molar refractivity (Wildman–Crippen MR) is 67.9 cm³/mol. The molecule has 1 N–H and O–H groups in total. The van der Waals surface area contributed by atoms with Crippen LogP contribution in [0.25, 0.3) is 5.65 Å². The second-order valence-corrected chi connectivity index (χ2v) is 4.23. The lowest BCUT2D eigenvalue weighted by Crippen LogP contribution is -2.14. The van der Waals surface area contributed by atoms with Crippen molar-refractivity contribution in [1.82, 2.24) is 14.4 Å². The highest BCUT2D eigenvalue weighted by Crippen LogP contribution is 2.22. The molecule has 0 aliphatic rings. The van der Waals surface area contributed by atoms with E-state index in [4.69, 9.17) is 4.74 Å². The van der Waals surface area contributed by atoms with E-state index in [1.807, 2.05) is 6.92 Å². The van der Waals surface area contributed by atoms with Crippen LogP contribution in [0, 0.1) is 0 Å². The Bertz CT molecular complexity index is 567. The summed E-state index contributed by atoms with van der Waals surface area (Å²) in [4.78, 5) is 8.17. The minimum Gasteiger partial charge on any atom is -0.475 e. The Morgan fingerprint density at radius 1 is 1.40 bits per heavy atom. The van der Waals surface area contributed by atoms with Crippen LogP contribution in [0.15, 0.2) is 18.6 Å². The Morgan fingerprint density at radius 3 is 2.90 bits per heavy atom. The van der Waals surface area contributed by atoms with E-state index in [0.717, 1.165) is 13.0 Å². The second kappa shape index (κ2) is 5.98. The molecule has 2 aromatic rings. The molecule has 0 aromatic carbocycles. The van der Waals surface area contributed by atoms with Gasteiger partial charge in [0.25, 0.3) is 5.88 Å². The second-order valence-electron chi connectivity index (χ2n) is 4.23. The summed E-state index contributed by atoms with van der Waals surface area (Å²) in [7, 11) is 0. The lowest BCUT2D eigenvalue weighted by Gasteiger charge is -2.11. The SMILES string of the molecule is CCCNc1cn2ccnc2c(OCCC(F)(F)F)n1. The molecule has 8 heteroatoms. The van der Waals surface area contributed by atoms with Crippen LogP contribution in [0.4, 0.5) is 19.0 Å². The fourth-order valence-corrected chi connectivity index (χ4v) is 1.60. The van der Waals surface area contributed by atoms with E-state index in [0.29, 0.717) is 11.5 Å². The van der Waals surface area contributed by atoms with E-state index in [2.05, 4.69) is 15.3 Å². The van der Waals surface area contributed by atoms with Crippen LogP contribution in [0.1, 0.15) is 19.8 Å². The van der Waals surface area contributed by atoms with Crippen molar-refractivity contribution in [2.75, 3.05) is 18.5 Å². The van der Waals surface area contributed by atoms with Crippen LogP contribution in [0.3, 0.4) is 0 Å². The summed E-state index contributed by atoms with van der Waals surface area (Å²) in [5.74, 6) is 0.639. The highest BCUT2D eigenvalue weighted by molar-refractivity contribution is 5.53. The molecule has 20 heavy (non-hydrogen) atoms. The van der Waals surface area contributed by atoms with Gasteiger partial charge in [-0.25, -0.2) is 4.98 Å². The molecule has 0 atom stereocenters. The van der Waals surface area contributed by atoms with Crippen molar-refractivity contribution < 1.29 is 17.9 Å². The summed E-state index contributed by atoms with van der Waals surface area (Å²) >= 11 is 0. The van der Waals surface area contributed by atoms with E-state index in [1.54, 1.807) is 16.8 Å². The summed E-state index contributed by atoms with van der Waals surface area (Å²) in [6.45, 7) is 2.24. The van der Waals surface area contributed by atoms with Gasteiger partial charge in [0, 0.05) is 18.9 Å². The quantitative estimate of drug-likeness (QED) is 0.888. The monoisotopic (exact) mass is 288 g/mol. The maximum Gasteiger partial charge on any atom is 0.392 e. The number of hydrogen-bond donors (Lipinski definition) is 1. The lowest BCUT2D eigenvalue weighted by atomic mass is 10.4. The van der Waals surface area contributed by atoms with E-state index in [-0.39, 0.29) is 5.88 Å². The molecule has 110 valence electrons. The van der Waals surface area contributed by atoms with Gasteiger partial charge in [0.1, 0.15) is 5.82 Å². The Balaban J connectivity index is 2.15. The van der Waals surface area contributed by atoms with E-state index < -0.39 is 19.2 Å². The molecular formula is C12H15F3N4O. The van der Waals surface area contributed by atoms with Crippen LogP contribution in [-0.2, 0) is 0 Å². The average Bonchev–Trinajstić information content (AvgIpc) is 2.83. The fraction of sp³-hybridized carbons (Fsp3) is 0.500. The number of aromatic nitrogens is 3. The number of halogens is 3. The Labute approximate surface area is 113 Å². The van der Waals surface area contributed by atoms with E-state index >= 15 is 0 Å². The van der Waals surface area contributed by atoms with Gasteiger partial charge in [0.2, 0.25) is 5.65 Å². The summed E-state index contributed by atoms with van der Waals surface area (Å²) in [6.07, 6.45) is 0.586. The van der Waals surface area contributed by atoms with Crippen LogP contribution in [0.2, 0.25) is 0 Å². The number of rotatable bonds is 6. The molecule has 5 nitrogen and oxygen atoms in total. The largest absolute Gasteiger partial charge is 0.475 e. The number of hydrogen-bond acceptors (Lipinski definition) is 4. The molecule has 2 heterocycles. The van der Waals surface area contributed by atoms with Crippen LogP contribution in [0.5, 0.6) is 5.88 Å². The Morgan fingerprint density at radius 2 is 2.20 bits per heavy atom. The van der Waals surface area contributed by atoms with Crippen molar-refractivity contribution in [3.63, 3.8) is 0 Å². The van der Waals surface area contributed by atoms with Crippen molar-refractivity contribution in [3.05, 3.63) is 18.6 Å². The average molecular weight is 288 g/mol. The Hall–Kier alpha value is -1.99. The Kier molecular flexibility index (Phi) is 4.31. The summed E-state index contributed by atoms with van der Waals surface area (Å²) < 4.78 is 43.2. The first-order valence-electron chi connectivity index (χ1n) is 6.26. The third kappa shape index (κ3) is 3.75. The molecule has 2 aromatic heterocycles. The standard InChI is InChI=1S/C12H15F3N4O/c1-2-4-16-9-8-19-6-5-17-10(19)11(18-9)20-7-3-12(13,14)15/h5-6,8,16H,2-4,7H2,1H3. The summed E-state index contributed by atoms with van der Waals surface area (Å²) in [5, 5.41) is 3.06. The van der Waals surface area contributed by atoms with Gasteiger partial charge < -0.3 is 10.1 Å². The van der Waals surface area contributed by atoms with Crippen LogP contribution >= 0.6 is 0 Å². The third-order valence-corrected chi connectivity index (χ3v) is 2.52. The number of ether oxygens (including phenoxy) is 1. The van der Waals surface area contributed by atoms with Crippen LogP contribution < -0.4 is 10.1 Å².